The van der Waals surface area contributed by atoms with Gasteiger partial charge in [0.2, 0.25) is 5.95 Å². The van der Waals surface area contributed by atoms with E-state index in [1.165, 1.54) is 24.4 Å². The van der Waals surface area contributed by atoms with Crippen LogP contribution in [-0.2, 0) is 6.54 Å². The quantitative estimate of drug-likeness (QED) is 0.438. The highest BCUT2D eigenvalue weighted by atomic mass is 16.6. The number of hydrogen-bond donors (Lipinski definition) is 1. The molecule has 0 radical (unpaired) electrons. The van der Waals surface area contributed by atoms with Crippen molar-refractivity contribution in [2.24, 2.45) is 4.99 Å². The van der Waals surface area contributed by atoms with Crippen LogP contribution in [0.5, 0.6) is 5.75 Å². The molecular formula is C17H16N4O3. The fraction of sp³-hybridized carbons (Fsp3) is 0.176. The molecule has 0 spiro atoms. The molecule has 0 amide bonds. The van der Waals surface area contributed by atoms with E-state index in [1.807, 2.05) is 28.8 Å². The number of hydrogen-bond acceptors (Lipinski definition) is 5. The second-order valence-corrected chi connectivity index (χ2v) is 5.31. The number of benzene rings is 2. The average molecular weight is 324 g/mol. The Bertz CT molecular complexity index is 931. The van der Waals surface area contributed by atoms with Gasteiger partial charge in [-0.25, -0.2) is 9.98 Å². The summed E-state index contributed by atoms with van der Waals surface area (Å²) in [7, 11) is 0. The molecule has 1 heterocycles. The van der Waals surface area contributed by atoms with Gasteiger partial charge in [0.25, 0.3) is 5.69 Å². The first kappa shape index (κ1) is 15.7. The molecule has 1 aromatic heterocycles. The minimum Gasteiger partial charge on any atom is -0.507 e. The molecule has 0 unspecified atom stereocenters. The molecule has 7 heteroatoms. The largest absolute Gasteiger partial charge is 0.507 e. The molecule has 0 aliphatic carbocycles. The zero-order valence-corrected chi connectivity index (χ0v) is 13.1. The highest BCUT2D eigenvalue weighted by Crippen LogP contribution is 2.24. The SMILES string of the molecule is CCCn1c(N=Cc2cc([N+](=O)[O-])ccc2O)nc2ccccc21. The number of phenols is 1. The minimum absolute atomic E-state index is 0.0671. The molecule has 0 saturated carbocycles. The molecule has 122 valence electrons. The lowest BCUT2D eigenvalue weighted by molar-refractivity contribution is -0.384. The predicted molar refractivity (Wildman–Crippen MR) is 92.0 cm³/mol. The lowest BCUT2D eigenvalue weighted by Gasteiger charge is -2.04. The summed E-state index contributed by atoms with van der Waals surface area (Å²) in [5.74, 6) is 0.437. The van der Waals surface area contributed by atoms with E-state index in [-0.39, 0.29) is 17.0 Å². The van der Waals surface area contributed by atoms with Gasteiger partial charge in [-0.15, -0.1) is 0 Å². The summed E-state index contributed by atoms with van der Waals surface area (Å²) >= 11 is 0. The summed E-state index contributed by atoms with van der Waals surface area (Å²) in [5.41, 5.74) is 1.99. The Kier molecular flexibility index (Phi) is 4.24. The van der Waals surface area contributed by atoms with Crippen LogP contribution in [0.1, 0.15) is 18.9 Å². The molecule has 0 saturated heterocycles. The van der Waals surface area contributed by atoms with E-state index >= 15 is 0 Å². The van der Waals surface area contributed by atoms with Gasteiger partial charge in [-0.05, 0) is 24.6 Å². The molecule has 7 nitrogen and oxygen atoms in total. The summed E-state index contributed by atoms with van der Waals surface area (Å²) in [5, 5.41) is 20.7. The van der Waals surface area contributed by atoms with Crippen molar-refractivity contribution in [3.63, 3.8) is 0 Å². The highest BCUT2D eigenvalue weighted by molar-refractivity contribution is 5.87. The predicted octanol–water partition coefficient (Wildman–Crippen LogP) is 3.81. The fourth-order valence-electron chi connectivity index (χ4n) is 2.49. The number of fused-ring (bicyclic) bond motifs is 1. The second kappa shape index (κ2) is 6.49. The molecule has 2 aromatic carbocycles. The molecule has 3 rings (SSSR count). The Morgan fingerprint density at radius 3 is 2.88 bits per heavy atom. The third-order valence-corrected chi connectivity index (χ3v) is 3.62. The number of aromatic hydroxyl groups is 1. The van der Waals surface area contributed by atoms with Gasteiger partial charge < -0.3 is 9.67 Å². The molecule has 3 aromatic rings. The number of nitro benzene ring substituents is 1. The van der Waals surface area contributed by atoms with Gasteiger partial charge in [0, 0.05) is 30.5 Å². The van der Waals surface area contributed by atoms with E-state index in [2.05, 4.69) is 16.9 Å². The van der Waals surface area contributed by atoms with Crippen LogP contribution in [-0.4, -0.2) is 25.8 Å². The number of aryl methyl sites for hydroxylation is 1. The number of rotatable bonds is 5. The first-order chi connectivity index (χ1) is 11.6. The summed E-state index contributed by atoms with van der Waals surface area (Å²) in [6.45, 7) is 2.82. The Morgan fingerprint density at radius 1 is 1.33 bits per heavy atom. The van der Waals surface area contributed by atoms with Crippen molar-refractivity contribution in [1.29, 1.82) is 0 Å². The zero-order valence-electron chi connectivity index (χ0n) is 13.1. The van der Waals surface area contributed by atoms with Crippen molar-refractivity contribution in [3.05, 3.63) is 58.1 Å². The third kappa shape index (κ3) is 2.96. The van der Waals surface area contributed by atoms with Crippen molar-refractivity contribution in [1.82, 2.24) is 9.55 Å². The lowest BCUT2D eigenvalue weighted by atomic mass is 10.2. The molecule has 1 N–H and O–H groups in total. The fourth-order valence-corrected chi connectivity index (χ4v) is 2.49. The van der Waals surface area contributed by atoms with Gasteiger partial charge in [0.05, 0.1) is 16.0 Å². The summed E-state index contributed by atoms with van der Waals surface area (Å²) < 4.78 is 1.99. The van der Waals surface area contributed by atoms with Gasteiger partial charge >= 0.3 is 0 Å². The maximum Gasteiger partial charge on any atom is 0.270 e. The van der Waals surface area contributed by atoms with E-state index in [1.54, 1.807) is 0 Å². The van der Waals surface area contributed by atoms with Gasteiger partial charge in [0.1, 0.15) is 5.75 Å². The highest BCUT2D eigenvalue weighted by Gasteiger charge is 2.11. The molecule has 0 aliphatic heterocycles. The van der Waals surface area contributed by atoms with Gasteiger partial charge in [0.15, 0.2) is 0 Å². The number of nitro groups is 1. The Hall–Kier alpha value is -3.22. The van der Waals surface area contributed by atoms with Crippen molar-refractivity contribution in [2.45, 2.75) is 19.9 Å². The Labute approximate surface area is 138 Å². The second-order valence-electron chi connectivity index (χ2n) is 5.31. The number of para-hydroxylation sites is 2. The van der Waals surface area contributed by atoms with E-state index < -0.39 is 4.92 Å². The number of aromatic nitrogens is 2. The van der Waals surface area contributed by atoms with E-state index in [4.69, 9.17) is 0 Å². The molecule has 0 fully saturated rings. The van der Waals surface area contributed by atoms with E-state index in [0.29, 0.717) is 5.95 Å². The van der Waals surface area contributed by atoms with Crippen LogP contribution in [0.4, 0.5) is 11.6 Å². The maximum absolute atomic E-state index is 10.9. The molecule has 0 bridgehead atoms. The normalized spacial score (nSPS) is 11.4. The first-order valence-corrected chi connectivity index (χ1v) is 7.57. The Morgan fingerprint density at radius 2 is 2.12 bits per heavy atom. The third-order valence-electron chi connectivity index (χ3n) is 3.62. The average Bonchev–Trinajstić information content (AvgIpc) is 2.92. The van der Waals surface area contributed by atoms with Crippen molar-refractivity contribution < 1.29 is 10.0 Å². The topological polar surface area (TPSA) is 93.5 Å². The van der Waals surface area contributed by atoms with Crippen LogP contribution in [0.2, 0.25) is 0 Å². The summed E-state index contributed by atoms with van der Waals surface area (Å²) in [4.78, 5) is 19.2. The van der Waals surface area contributed by atoms with Crippen LogP contribution in [0.3, 0.4) is 0 Å². The maximum atomic E-state index is 10.9. The number of aliphatic imine (C=N–C) groups is 1. The van der Waals surface area contributed by atoms with Crippen molar-refractivity contribution in [2.75, 3.05) is 0 Å². The molecule has 0 atom stereocenters. The number of nitrogens with zero attached hydrogens (tertiary/aromatic N) is 4. The summed E-state index contributed by atoms with van der Waals surface area (Å²) in [6.07, 6.45) is 2.32. The lowest BCUT2D eigenvalue weighted by Crippen LogP contribution is -1.96. The standard InChI is InChI=1S/C17H16N4O3/c1-2-9-20-15-6-4-3-5-14(15)19-17(20)18-11-12-10-13(21(23)24)7-8-16(12)22/h3-8,10-11,22H,2,9H2,1H3. The van der Waals surface area contributed by atoms with E-state index in [0.717, 1.165) is 24.0 Å². The Balaban J connectivity index is 2.03. The van der Waals surface area contributed by atoms with Crippen LogP contribution >= 0.6 is 0 Å². The zero-order chi connectivity index (χ0) is 17.1. The number of phenolic OH excluding ortho intramolecular Hbond substituents is 1. The van der Waals surface area contributed by atoms with Gasteiger partial charge in [-0.1, -0.05) is 19.1 Å². The van der Waals surface area contributed by atoms with Crippen molar-refractivity contribution >= 4 is 28.9 Å². The summed E-state index contributed by atoms with van der Waals surface area (Å²) in [6, 6.07) is 11.5. The molecule has 0 aliphatic rings. The smallest absolute Gasteiger partial charge is 0.270 e. The van der Waals surface area contributed by atoms with Crippen LogP contribution < -0.4 is 0 Å². The first-order valence-electron chi connectivity index (χ1n) is 7.57. The number of imidazole rings is 1. The minimum atomic E-state index is -0.511. The number of non-ortho nitro benzene ring substituents is 1. The van der Waals surface area contributed by atoms with Crippen molar-refractivity contribution in [3.8, 4) is 5.75 Å². The van der Waals surface area contributed by atoms with Gasteiger partial charge in [-0.2, -0.15) is 0 Å². The van der Waals surface area contributed by atoms with Crippen LogP contribution in [0.25, 0.3) is 11.0 Å². The monoisotopic (exact) mass is 324 g/mol. The van der Waals surface area contributed by atoms with E-state index in [9.17, 15) is 15.2 Å². The van der Waals surface area contributed by atoms with Crippen LogP contribution in [0, 0.1) is 10.1 Å². The molecular weight excluding hydrogens is 308 g/mol. The molecule has 24 heavy (non-hydrogen) atoms. The van der Waals surface area contributed by atoms with Gasteiger partial charge in [-0.3, -0.25) is 10.1 Å². The van der Waals surface area contributed by atoms with Crippen LogP contribution in [0.15, 0.2) is 47.5 Å².